The summed E-state index contributed by atoms with van der Waals surface area (Å²) in [6.45, 7) is 0.960. The lowest BCUT2D eigenvalue weighted by molar-refractivity contribution is -0.384. The number of benzene rings is 1. The molecule has 0 aliphatic heterocycles. The number of aromatic nitrogens is 2. The van der Waals surface area contributed by atoms with Gasteiger partial charge in [-0.15, -0.1) is 0 Å². The monoisotopic (exact) mass is 260 g/mol. The smallest absolute Gasteiger partial charge is 0.271 e. The van der Waals surface area contributed by atoms with Gasteiger partial charge >= 0.3 is 0 Å². The van der Waals surface area contributed by atoms with Crippen LogP contribution in [0.4, 0.5) is 5.69 Å². The van der Waals surface area contributed by atoms with E-state index in [-0.39, 0.29) is 5.69 Å². The fraction of sp³-hybridized carbons (Fsp3) is 0.308. The molecular weight excluding hydrogens is 244 g/mol. The van der Waals surface area contributed by atoms with Crippen LogP contribution in [0.15, 0.2) is 36.7 Å². The lowest BCUT2D eigenvalue weighted by Crippen LogP contribution is -2.08. The molecule has 6 nitrogen and oxygen atoms in total. The minimum atomic E-state index is -0.402. The first-order valence-corrected chi connectivity index (χ1v) is 6.13. The highest BCUT2D eigenvalue weighted by molar-refractivity contribution is 5.42. The number of nitrogens with one attached hydrogen (secondary N) is 1. The van der Waals surface area contributed by atoms with Gasteiger partial charge in [0.1, 0.15) is 0 Å². The third-order valence-corrected chi connectivity index (χ3v) is 2.83. The fourth-order valence-electron chi connectivity index (χ4n) is 1.85. The lowest BCUT2D eigenvalue weighted by Gasteiger charge is -2.00. The first-order chi connectivity index (χ1) is 9.20. The van der Waals surface area contributed by atoms with Crippen LogP contribution in [0.1, 0.15) is 12.0 Å². The van der Waals surface area contributed by atoms with E-state index in [4.69, 9.17) is 0 Å². The predicted octanol–water partition coefficient (Wildman–Crippen LogP) is 1.93. The lowest BCUT2D eigenvalue weighted by atomic mass is 10.2. The van der Waals surface area contributed by atoms with Crippen molar-refractivity contribution in [1.82, 2.24) is 15.1 Å². The molecule has 6 heteroatoms. The van der Waals surface area contributed by atoms with Crippen LogP contribution in [-0.4, -0.2) is 28.3 Å². The second-order valence-corrected chi connectivity index (χ2v) is 4.28. The number of rotatable bonds is 6. The highest BCUT2D eigenvalue weighted by Gasteiger charge is 2.07. The molecule has 0 amide bonds. The van der Waals surface area contributed by atoms with Gasteiger partial charge < -0.3 is 5.32 Å². The number of aryl methyl sites for hydroxylation is 1. The number of hydrogen-bond donors (Lipinski definition) is 1. The Morgan fingerprint density at radius 1 is 1.47 bits per heavy atom. The number of nitrogens with zero attached hydrogens (tertiary/aromatic N) is 3. The fourth-order valence-corrected chi connectivity index (χ4v) is 1.85. The van der Waals surface area contributed by atoms with Crippen molar-refractivity contribution < 1.29 is 4.92 Å². The molecule has 100 valence electrons. The van der Waals surface area contributed by atoms with Crippen molar-refractivity contribution in [2.24, 2.45) is 0 Å². The summed E-state index contributed by atoms with van der Waals surface area (Å²) in [5.41, 5.74) is 1.90. The highest BCUT2D eigenvalue weighted by Crippen LogP contribution is 2.16. The van der Waals surface area contributed by atoms with E-state index in [1.807, 2.05) is 13.2 Å². The standard InChI is InChI=1S/C13H16N4O2/c1-14-7-3-4-11-9-15-16(10-11)12-5-2-6-13(8-12)17(18)19/h2,5-6,8-10,14H,3-4,7H2,1H3. The molecule has 1 N–H and O–H groups in total. The van der Waals surface area contributed by atoms with Gasteiger partial charge in [0.2, 0.25) is 0 Å². The van der Waals surface area contributed by atoms with E-state index in [1.54, 1.807) is 23.0 Å². The van der Waals surface area contributed by atoms with Gasteiger partial charge in [0.25, 0.3) is 5.69 Å². The van der Waals surface area contributed by atoms with Crippen molar-refractivity contribution in [2.75, 3.05) is 13.6 Å². The Morgan fingerprint density at radius 2 is 2.32 bits per heavy atom. The molecule has 0 bridgehead atoms. The summed E-state index contributed by atoms with van der Waals surface area (Å²) in [7, 11) is 1.92. The second kappa shape index (κ2) is 6.10. The Morgan fingerprint density at radius 3 is 3.05 bits per heavy atom. The number of non-ortho nitro benzene ring substituents is 1. The van der Waals surface area contributed by atoms with Crippen LogP contribution < -0.4 is 5.32 Å². The van der Waals surface area contributed by atoms with Crippen LogP contribution >= 0.6 is 0 Å². The first kappa shape index (κ1) is 13.2. The molecule has 0 unspecified atom stereocenters. The van der Waals surface area contributed by atoms with Gasteiger partial charge in [0.15, 0.2) is 0 Å². The van der Waals surface area contributed by atoms with Crippen molar-refractivity contribution in [3.05, 3.63) is 52.3 Å². The highest BCUT2D eigenvalue weighted by atomic mass is 16.6. The second-order valence-electron chi connectivity index (χ2n) is 4.28. The van der Waals surface area contributed by atoms with Crippen LogP contribution in [0.2, 0.25) is 0 Å². The molecule has 1 heterocycles. The maximum absolute atomic E-state index is 10.7. The molecule has 0 aliphatic rings. The summed E-state index contributed by atoms with van der Waals surface area (Å²) in [5, 5.41) is 18.1. The average molecular weight is 260 g/mol. The van der Waals surface area contributed by atoms with Gasteiger partial charge in [-0.2, -0.15) is 5.10 Å². The van der Waals surface area contributed by atoms with Gasteiger partial charge in [-0.05, 0) is 38.1 Å². The Hall–Kier alpha value is -2.21. The molecular formula is C13H16N4O2. The van der Waals surface area contributed by atoms with E-state index >= 15 is 0 Å². The van der Waals surface area contributed by atoms with E-state index in [0.29, 0.717) is 5.69 Å². The van der Waals surface area contributed by atoms with Crippen molar-refractivity contribution in [1.29, 1.82) is 0 Å². The largest absolute Gasteiger partial charge is 0.320 e. The molecule has 1 aromatic heterocycles. The maximum Gasteiger partial charge on any atom is 0.271 e. The SMILES string of the molecule is CNCCCc1cnn(-c2cccc([N+](=O)[O-])c2)c1. The van der Waals surface area contributed by atoms with Gasteiger partial charge in [0, 0.05) is 18.3 Å². The molecule has 0 saturated heterocycles. The van der Waals surface area contributed by atoms with Gasteiger partial charge in [-0.1, -0.05) is 6.07 Å². The Balaban J connectivity index is 2.13. The van der Waals surface area contributed by atoms with Gasteiger partial charge in [0.05, 0.1) is 16.8 Å². The molecule has 0 fully saturated rings. The van der Waals surface area contributed by atoms with Crippen molar-refractivity contribution >= 4 is 5.69 Å². The molecule has 0 aliphatic carbocycles. The number of hydrogen-bond acceptors (Lipinski definition) is 4. The van der Waals surface area contributed by atoms with Crippen LogP contribution in [0.5, 0.6) is 0 Å². The van der Waals surface area contributed by atoms with Crippen molar-refractivity contribution in [2.45, 2.75) is 12.8 Å². The first-order valence-electron chi connectivity index (χ1n) is 6.13. The summed E-state index contributed by atoms with van der Waals surface area (Å²) in [6, 6.07) is 6.46. The minimum Gasteiger partial charge on any atom is -0.320 e. The van der Waals surface area contributed by atoms with Crippen molar-refractivity contribution in [3.63, 3.8) is 0 Å². The molecule has 2 aromatic rings. The molecule has 0 atom stereocenters. The molecule has 0 spiro atoms. The third-order valence-electron chi connectivity index (χ3n) is 2.83. The minimum absolute atomic E-state index is 0.0738. The van der Waals surface area contributed by atoms with Crippen molar-refractivity contribution in [3.8, 4) is 5.69 Å². The number of nitro groups is 1. The zero-order chi connectivity index (χ0) is 13.7. The molecule has 19 heavy (non-hydrogen) atoms. The average Bonchev–Trinajstić information content (AvgIpc) is 2.88. The molecule has 1 aromatic carbocycles. The third kappa shape index (κ3) is 3.38. The molecule has 2 rings (SSSR count). The Labute approximate surface area is 111 Å². The zero-order valence-corrected chi connectivity index (χ0v) is 10.7. The van der Waals surface area contributed by atoms with Crippen LogP contribution in [-0.2, 0) is 6.42 Å². The Kier molecular flexibility index (Phi) is 4.25. The summed E-state index contributed by atoms with van der Waals surface area (Å²) in [6.07, 6.45) is 5.69. The van der Waals surface area contributed by atoms with E-state index in [2.05, 4.69) is 10.4 Å². The van der Waals surface area contributed by atoms with Crippen LogP contribution in [0.3, 0.4) is 0 Å². The predicted molar refractivity (Wildman–Crippen MR) is 72.5 cm³/mol. The summed E-state index contributed by atoms with van der Waals surface area (Å²) in [5.74, 6) is 0. The van der Waals surface area contributed by atoms with Gasteiger partial charge in [-0.25, -0.2) is 4.68 Å². The maximum atomic E-state index is 10.7. The topological polar surface area (TPSA) is 73.0 Å². The van der Waals surface area contributed by atoms with Crippen LogP contribution in [0, 0.1) is 10.1 Å². The summed E-state index contributed by atoms with van der Waals surface area (Å²) in [4.78, 5) is 10.3. The molecule has 0 saturated carbocycles. The van der Waals surface area contributed by atoms with E-state index < -0.39 is 4.92 Å². The van der Waals surface area contributed by atoms with Crippen LogP contribution in [0.25, 0.3) is 5.69 Å². The number of nitro benzene ring substituents is 1. The Bertz CT molecular complexity index is 565. The summed E-state index contributed by atoms with van der Waals surface area (Å²) >= 11 is 0. The van der Waals surface area contributed by atoms with E-state index in [0.717, 1.165) is 24.9 Å². The zero-order valence-electron chi connectivity index (χ0n) is 10.7. The summed E-state index contributed by atoms with van der Waals surface area (Å²) < 4.78 is 1.67. The quantitative estimate of drug-likeness (QED) is 0.489. The molecule has 0 radical (unpaired) electrons. The normalized spacial score (nSPS) is 10.6. The van der Waals surface area contributed by atoms with E-state index in [1.165, 1.54) is 12.1 Å². The van der Waals surface area contributed by atoms with Gasteiger partial charge in [-0.3, -0.25) is 10.1 Å². The van der Waals surface area contributed by atoms with E-state index in [9.17, 15) is 10.1 Å².